The molecule has 1 aliphatic carbocycles. The fraction of sp³-hybridized carbons (Fsp3) is 0.316. The highest BCUT2D eigenvalue weighted by molar-refractivity contribution is 7.19. The Labute approximate surface area is 154 Å². The molecule has 0 spiro atoms. The van der Waals surface area contributed by atoms with Crippen LogP contribution in [0.3, 0.4) is 0 Å². The Morgan fingerprint density at radius 3 is 2.77 bits per heavy atom. The molecule has 7 heteroatoms. The monoisotopic (exact) mass is 371 g/mol. The number of benzene rings is 1. The summed E-state index contributed by atoms with van der Waals surface area (Å²) >= 11 is 1.66. The predicted molar refractivity (Wildman–Crippen MR) is 98.4 cm³/mol. The van der Waals surface area contributed by atoms with Gasteiger partial charge >= 0.3 is 5.97 Å². The Kier molecular flexibility index (Phi) is 4.55. The molecule has 0 radical (unpaired) electrons. The number of anilines is 1. The van der Waals surface area contributed by atoms with E-state index < -0.39 is 5.97 Å². The Morgan fingerprint density at radius 1 is 1.19 bits per heavy atom. The largest absolute Gasteiger partial charge is 0.457 e. The van der Waals surface area contributed by atoms with Crippen molar-refractivity contribution in [3.63, 3.8) is 0 Å². The standard InChI is InChI=1S/C19H18FN3O2S/c20-12-7-5-11(6-8-12)9-16(24)25-10-15-22-18(21)17-13-3-1-2-4-14(13)26-19(17)23-15/h5-8H,1-4,9-10H2,(H2,21,22,23). The number of thiophene rings is 1. The van der Waals surface area contributed by atoms with Crippen molar-refractivity contribution in [2.24, 2.45) is 0 Å². The van der Waals surface area contributed by atoms with Gasteiger partial charge in [0.1, 0.15) is 16.5 Å². The molecule has 0 bridgehead atoms. The molecule has 134 valence electrons. The Morgan fingerprint density at radius 2 is 1.96 bits per heavy atom. The second-order valence-corrected chi connectivity index (χ2v) is 7.46. The van der Waals surface area contributed by atoms with E-state index >= 15 is 0 Å². The van der Waals surface area contributed by atoms with Crippen molar-refractivity contribution in [3.05, 3.63) is 51.9 Å². The molecule has 3 aromatic rings. The number of carbonyl (C=O) groups is 1. The summed E-state index contributed by atoms with van der Waals surface area (Å²) in [6, 6.07) is 5.76. The molecule has 0 unspecified atom stereocenters. The third-order valence-electron chi connectivity index (χ3n) is 4.51. The number of nitrogens with zero attached hydrogens (tertiary/aromatic N) is 2. The van der Waals surface area contributed by atoms with Crippen LogP contribution in [0.4, 0.5) is 10.2 Å². The number of hydrogen-bond donors (Lipinski definition) is 1. The molecular formula is C19H18FN3O2S. The minimum absolute atomic E-state index is 0.0251. The van der Waals surface area contributed by atoms with Gasteiger partial charge in [-0.15, -0.1) is 11.3 Å². The highest BCUT2D eigenvalue weighted by Gasteiger charge is 2.20. The minimum atomic E-state index is -0.413. The summed E-state index contributed by atoms with van der Waals surface area (Å²) in [7, 11) is 0. The quantitative estimate of drug-likeness (QED) is 0.709. The van der Waals surface area contributed by atoms with Gasteiger partial charge in [0.15, 0.2) is 12.4 Å². The number of ether oxygens (including phenoxy) is 1. The highest BCUT2D eigenvalue weighted by Crippen LogP contribution is 2.37. The van der Waals surface area contributed by atoms with Crippen molar-refractivity contribution >= 4 is 33.3 Å². The van der Waals surface area contributed by atoms with Gasteiger partial charge in [0, 0.05) is 4.88 Å². The van der Waals surface area contributed by atoms with Crippen LogP contribution in [0.25, 0.3) is 10.2 Å². The van der Waals surface area contributed by atoms with Crippen LogP contribution in [0.2, 0.25) is 0 Å². The van der Waals surface area contributed by atoms with Gasteiger partial charge in [0.05, 0.1) is 11.8 Å². The summed E-state index contributed by atoms with van der Waals surface area (Å²) in [4.78, 5) is 23.0. The first kappa shape index (κ1) is 16.9. The van der Waals surface area contributed by atoms with Crippen LogP contribution in [-0.2, 0) is 35.4 Å². The SMILES string of the molecule is Nc1nc(COC(=O)Cc2ccc(F)cc2)nc2sc3c(c12)CCCC3. The lowest BCUT2D eigenvalue weighted by atomic mass is 9.97. The maximum absolute atomic E-state index is 12.9. The number of esters is 1. The van der Waals surface area contributed by atoms with Crippen LogP contribution in [-0.4, -0.2) is 15.9 Å². The fourth-order valence-corrected chi connectivity index (χ4v) is 4.55. The van der Waals surface area contributed by atoms with Gasteiger partial charge in [-0.25, -0.2) is 14.4 Å². The van der Waals surface area contributed by atoms with Crippen molar-refractivity contribution in [1.82, 2.24) is 9.97 Å². The number of nitrogen functional groups attached to an aromatic ring is 1. The summed E-state index contributed by atoms with van der Waals surface area (Å²) < 4.78 is 18.2. The van der Waals surface area contributed by atoms with Gasteiger partial charge in [0.2, 0.25) is 0 Å². The van der Waals surface area contributed by atoms with E-state index in [2.05, 4.69) is 9.97 Å². The van der Waals surface area contributed by atoms with Gasteiger partial charge in [-0.2, -0.15) is 0 Å². The second-order valence-electron chi connectivity index (χ2n) is 6.38. The smallest absolute Gasteiger partial charge is 0.310 e. The van der Waals surface area contributed by atoms with Crippen LogP contribution in [0.1, 0.15) is 34.7 Å². The number of nitrogens with two attached hydrogens (primary N) is 1. The number of rotatable bonds is 4. The van der Waals surface area contributed by atoms with E-state index in [-0.39, 0.29) is 18.8 Å². The lowest BCUT2D eigenvalue weighted by Crippen LogP contribution is -2.10. The molecule has 0 saturated heterocycles. The predicted octanol–water partition coefficient (Wildman–Crippen LogP) is 3.58. The van der Waals surface area contributed by atoms with Crippen LogP contribution in [0.15, 0.2) is 24.3 Å². The zero-order chi connectivity index (χ0) is 18.1. The van der Waals surface area contributed by atoms with Crippen molar-refractivity contribution in [2.45, 2.75) is 38.7 Å². The molecule has 2 aromatic heterocycles. The lowest BCUT2D eigenvalue weighted by Gasteiger charge is -2.10. The highest BCUT2D eigenvalue weighted by atomic mass is 32.1. The van der Waals surface area contributed by atoms with Gasteiger partial charge in [-0.05, 0) is 48.9 Å². The summed E-state index contributed by atoms with van der Waals surface area (Å²) in [5, 5.41) is 0.964. The third-order valence-corrected chi connectivity index (χ3v) is 5.70. The number of carbonyl (C=O) groups excluding carboxylic acids is 1. The van der Waals surface area contributed by atoms with Crippen LogP contribution >= 0.6 is 11.3 Å². The average molecular weight is 371 g/mol. The fourth-order valence-electron chi connectivity index (χ4n) is 3.26. The maximum atomic E-state index is 12.9. The number of aryl methyl sites for hydroxylation is 2. The number of fused-ring (bicyclic) bond motifs is 3. The second kappa shape index (κ2) is 6.99. The van der Waals surface area contributed by atoms with Crippen molar-refractivity contribution < 1.29 is 13.9 Å². The summed E-state index contributed by atoms with van der Waals surface area (Å²) in [5.41, 5.74) is 8.13. The molecule has 2 N–H and O–H groups in total. The molecule has 1 aliphatic rings. The van der Waals surface area contributed by atoms with E-state index in [0.717, 1.165) is 23.1 Å². The summed E-state index contributed by atoms with van der Waals surface area (Å²) in [5.74, 6) is 0.113. The van der Waals surface area contributed by atoms with Gasteiger partial charge < -0.3 is 10.5 Å². The summed E-state index contributed by atoms with van der Waals surface area (Å²) in [6.07, 6.45) is 4.53. The molecular weight excluding hydrogens is 353 g/mol. The molecule has 0 atom stereocenters. The number of halogens is 1. The molecule has 1 aromatic carbocycles. The lowest BCUT2D eigenvalue weighted by molar-refractivity contribution is -0.144. The zero-order valence-electron chi connectivity index (χ0n) is 14.1. The zero-order valence-corrected chi connectivity index (χ0v) is 14.9. The molecule has 26 heavy (non-hydrogen) atoms. The van der Waals surface area contributed by atoms with Crippen molar-refractivity contribution in [2.75, 3.05) is 5.73 Å². The molecule has 4 rings (SSSR count). The minimum Gasteiger partial charge on any atom is -0.457 e. The topological polar surface area (TPSA) is 78.1 Å². The third kappa shape index (κ3) is 3.39. The van der Waals surface area contributed by atoms with E-state index in [1.165, 1.54) is 35.4 Å². The molecule has 0 saturated carbocycles. The molecule has 0 aliphatic heterocycles. The first-order valence-electron chi connectivity index (χ1n) is 8.57. The van der Waals surface area contributed by atoms with E-state index in [1.54, 1.807) is 23.5 Å². The molecule has 2 heterocycles. The van der Waals surface area contributed by atoms with Gasteiger partial charge in [0.25, 0.3) is 0 Å². The molecule has 5 nitrogen and oxygen atoms in total. The Hall–Kier alpha value is -2.54. The van der Waals surface area contributed by atoms with Crippen LogP contribution < -0.4 is 5.73 Å². The molecule has 0 fully saturated rings. The maximum Gasteiger partial charge on any atom is 0.310 e. The first-order valence-corrected chi connectivity index (χ1v) is 9.38. The summed E-state index contributed by atoms with van der Waals surface area (Å²) in [6.45, 7) is -0.0251. The van der Waals surface area contributed by atoms with E-state index in [9.17, 15) is 9.18 Å². The van der Waals surface area contributed by atoms with Crippen molar-refractivity contribution in [3.8, 4) is 0 Å². The van der Waals surface area contributed by atoms with Crippen LogP contribution in [0, 0.1) is 5.82 Å². The van der Waals surface area contributed by atoms with E-state index in [4.69, 9.17) is 10.5 Å². The number of hydrogen-bond acceptors (Lipinski definition) is 6. The Balaban J connectivity index is 1.47. The molecule has 0 amide bonds. The normalized spacial score (nSPS) is 13.6. The van der Waals surface area contributed by atoms with Gasteiger partial charge in [-0.3, -0.25) is 4.79 Å². The van der Waals surface area contributed by atoms with E-state index in [1.807, 2.05) is 0 Å². The van der Waals surface area contributed by atoms with Crippen molar-refractivity contribution in [1.29, 1.82) is 0 Å². The first-order chi connectivity index (χ1) is 12.6. The number of aromatic nitrogens is 2. The van der Waals surface area contributed by atoms with Crippen LogP contribution in [0.5, 0.6) is 0 Å². The van der Waals surface area contributed by atoms with E-state index in [0.29, 0.717) is 17.2 Å². The van der Waals surface area contributed by atoms with Gasteiger partial charge in [-0.1, -0.05) is 12.1 Å². The average Bonchev–Trinajstić information content (AvgIpc) is 3.01. The Bertz CT molecular complexity index is 969.